The fraction of sp³-hybridized carbons (Fsp3) is 0.895. The highest BCUT2D eigenvalue weighted by molar-refractivity contribution is 5.89. The first-order chi connectivity index (χ1) is 11.5. The van der Waals surface area contributed by atoms with Crippen molar-refractivity contribution in [3.05, 3.63) is 0 Å². The van der Waals surface area contributed by atoms with Crippen LogP contribution < -0.4 is 5.73 Å². The summed E-state index contributed by atoms with van der Waals surface area (Å²) in [6.07, 6.45) is 7.03. The lowest BCUT2D eigenvalue weighted by atomic mass is 9.86. The van der Waals surface area contributed by atoms with Gasteiger partial charge in [-0.05, 0) is 57.3 Å². The molecule has 2 amide bonds. The second kappa shape index (κ2) is 7.42. The number of nitrogens with two attached hydrogens (primary N) is 1. The van der Waals surface area contributed by atoms with Crippen molar-refractivity contribution in [1.29, 1.82) is 0 Å². The fourth-order valence-corrected chi connectivity index (χ4v) is 4.71. The van der Waals surface area contributed by atoms with Crippen molar-refractivity contribution < 1.29 is 9.59 Å². The van der Waals surface area contributed by atoms with E-state index in [1.165, 1.54) is 12.8 Å². The maximum absolute atomic E-state index is 12.8. The van der Waals surface area contributed by atoms with E-state index in [4.69, 9.17) is 5.73 Å². The number of amides is 2. The molecule has 2 heterocycles. The second-order valence-electron chi connectivity index (χ2n) is 8.38. The molecule has 0 bridgehead atoms. The molecule has 1 saturated carbocycles. The maximum atomic E-state index is 12.8. The summed E-state index contributed by atoms with van der Waals surface area (Å²) in [6, 6.07) is 0.579. The van der Waals surface area contributed by atoms with Crippen LogP contribution in [0.5, 0.6) is 0 Å². The largest absolute Gasteiger partial charge is 0.342 e. The van der Waals surface area contributed by atoms with E-state index in [0.29, 0.717) is 24.9 Å². The van der Waals surface area contributed by atoms with Crippen molar-refractivity contribution in [2.45, 2.75) is 70.9 Å². The predicted octanol–water partition coefficient (Wildman–Crippen LogP) is 2.00. The molecule has 136 valence electrons. The number of hydrogen-bond donors (Lipinski definition) is 1. The molecule has 3 aliphatic rings. The lowest BCUT2D eigenvalue weighted by Gasteiger charge is -2.36. The quantitative estimate of drug-likeness (QED) is 0.858. The molecule has 2 atom stereocenters. The molecule has 2 saturated heterocycles. The van der Waals surface area contributed by atoms with Crippen molar-refractivity contribution in [2.75, 3.05) is 19.6 Å². The molecule has 2 unspecified atom stereocenters. The van der Waals surface area contributed by atoms with E-state index in [9.17, 15) is 9.59 Å². The molecule has 1 aliphatic carbocycles. The van der Waals surface area contributed by atoms with Crippen LogP contribution in [0.2, 0.25) is 0 Å². The normalized spacial score (nSPS) is 33.8. The Balaban J connectivity index is 1.53. The van der Waals surface area contributed by atoms with E-state index in [2.05, 4.69) is 13.8 Å². The average Bonchev–Trinajstić information content (AvgIpc) is 2.97. The monoisotopic (exact) mass is 335 g/mol. The van der Waals surface area contributed by atoms with Gasteiger partial charge >= 0.3 is 0 Å². The van der Waals surface area contributed by atoms with Crippen LogP contribution in [0.3, 0.4) is 0 Å². The molecule has 24 heavy (non-hydrogen) atoms. The molecular weight excluding hydrogens is 302 g/mol. The first-order valence-corrected chi connectivity index (χ1v) is 9.79. The topological polar surface area (TPSA) is 66.6 Å². The van der Waals surface area contributed by atoms with Crippen LogP contribution in [0.15, 0.2) is 0 Å². The highest BCUT2D eigenvalue weighted by Crippen LogP contribution is 2.32. The Labute approximate surface area is 145 Å². The van der Waals surface area contributed by atoms with Crippen molar-refractivity contribution in [1.82, 2.24) is 9.80 Å². The third kappa shape index (κ3) is 3.76. The van der Waals surface area contributed by atoms with E-state index in [1.54, 1.807) is 0 Å². The molecule has 0 radical (unpaired) electrons. The molecule has 5 nitrogen and oxygen atoms in total. The third-order valence-electron chi connectivity index (χ3n) is 6.53. The van der Waals surface area contributed by atoms with Crippen LogP contribution in [-0.2, 0) is 9.59 Å². The maximum Gasteiger partial charge on any atom is 0.227 e. The van der Waals surface area contributed by atoms with Gasteiger partial charge in [0.15, 0.2) is 0 Å². The smallest absolute Gasteiger partial charge is 0.227 e. The Morgan fingerprint density at radius 2 is 1.75 bits per heavy atom. The summed E-state index contributed by atoms with van der Waals surface area (Å²) in [4.78, 5) is 29.2. The number of piperidine rings is 1. The molecule has 2 N–H and O–H groups in total. The minimum Gasteiger partial charge on any atom is -0.342 e. The minimum absolute atomic E-state index is 0.122. The van der Waals surface area contributed by atoms with Gasteiger partial charge in [-0.3, -0.25) is 9.59 Å². The van der Waals surface area contributed by atoms with E-state index in [0.717, 1.165) is 44.7 Å². The van der Waals surface area contributed by atoms with E-state index in [1.807, 2.05) is 9.80 Å². The molecule has 0 spiro atoms. The number of carbonyl (C=O) groups excluding carboxylic acids is 2. The second-order valence-corrected chi connectivity index (χ2v) is 8.38. The van der Waals surface area contributed by atoms with Crippen LogP contribution >= 0.6 is 0 Å². The van der Waals surface area contributed by atoms with Gasteiger partial charge in [0.25, 0.3) is 0 Å². The summed E-state index contributed by atoms with van der Waals surface area (Å²) in [5, 5.41) is 0. The summed E-state index contributed by atoms with van der Waals surface area (Å²) in [5.74, 6) is 1.57. The third-order valence-corrected chi connectivity index (χ3v) is 6.53. The van der Waals surface area contributed by atoms with Crippen molar-refractivity contribution in [3.8, 4) is 0 Å². The SMILES string of the molecule is CC1CCC(N2CC(C(=O)N3CCC(C(C)N)CC3)CC2=O)CC1. The zero-order valence-electron chi connectivity index (χ0n) is 15.2. The van der Waals surface area contributed by atoms with Crippen molar-refractivity contribution in [2.24, 2.45) is 23.5 Å². The van der Waals surface area contributed by atoms with Crippen molar-refractivity contribution in [3.63, 3.8) is 0 Å². The highest BCUT2D eigenvalue weighted by Gasteiger charge is 2.40. The number of likely N-dealkylation sites (tertiary alicyclic amines) is 2. The first kappa shape index (κ1) is 17.7. The van der Waals surface area contributed by atoms with Gasteiger partial charge in [-0.1, -0.05) is 6.92 Å². The van der Waals surface area contributed by atoms with Crippen LogP contribution in [-0.4, -0.2) is 53.3 Å². The van der Waals surface area contributed by atoms with Gasteiger partial charge in [-0.25, -0.2) is 0 Å². The lowest BCUT2D eigenvalue weighted by Crippen LogP contribution is -2.45. The Bertz CT molecular complexity index is 463. The zero-order chi connectivity index (χ0) is 17.3. The summed E-state index contributed by atoms with van der Waals surface area (Å²) in [6.45, 7) is 6.60. The number of carbonyl (C=O) groups is 2. The summed E-state index contributed by atoms with van der Waals surface area (Å²) >= 11 is 0. The Kier molecular flexibility index (Phi) is 5.48. The van der Waals surface area contributed by atoms with Crippen LogP contribution in [0.25, 0.3) is 0 Å². The molecule has 2 aliphatic heterocycles. The van der Waals surface area contributed by atoms with Gasteiger partial charge in [0.05, 0.1) is 5.92 Å². The van der Waals surface area contributed by atoms with Crippen LogP contribution in [0.1, 0.15) is 58.8 Å². The highest BCUT2D eigenvalue weighted by atomic mass is 16.2. The fourth-order valence-electron chi connectivity index (χ4n) is 4.71. The van der Waals surface area contributed by atoms with Gasteiger partial charge in [-0.15, -0.1) is 0 Å². The predicted molar refractivity (Wildman–Crippen MR) is 94.2 cm³/mol. The number of hydrogen-bond acceptors (Lipinski definition) is 3. The Morgan fingerprint density at radius 1 is 1.12 bits per heavy atom. The van der Waals surface area contributed by atoms with Crippen LogP contribution in [0, 0.1) is 17.8 Å². The Hall–Kier alpha value is -1.10. The molecule has 0 aromatic rings. The molecule has 3 fully saturated rings. The number of rotatable bonds is 3. The lowest BCUT2D eigenvalue weighted by molar-refractivity contribution is -0.137. The van der Waals surface area contributed by atoms with E-state index < -0.39 is 0 Å². The van der Waals surface area contributed by atoms with Gasteiger partial charge in [0.2, 0.25) is 11.8 Å². The van der Waals surface area contributed by atoms with Gasteiger partial charge in [0.1, 0.15) is 0 Å². The molecular formula is C19H33N3O2. The summed E-state index contributed by atoms with van der Waals surface area (Å²) in [7, 11) is 0. The van der Waals surface area contributed by atoms with Gasteiger partial charge in [-0.2, -0.15) is 0 Å². The Morgan fingerprint density at radius 3 is 2.33 bits per heavy atom. The van der Waals surface area contributed by atoms with Gasteiger partial charge < -0.3 is 15.5 Å². The van der Waals surface area contributed by atoms with E-state index in [-0.39, 0.29) is 23.8 Å². The zero-order valence-corrected chi connectivity index (χ0v) is 15.2. The molecule has 3 rings (SSSR count). The van der Waals surface area contributed by atoms with E-state index >= 15 is 0 Å². The standard InChI is InChI=1S/C19H33N3O2/c1-13-3-5-17(6-4-13)22-12-16(11-18(22)23)19(24)21-9-7-15(8-10-21)14(2)20/h13-17H,3-12,20H2,1-2H3. The molecule has 0 aromatic heterocycles. The first-order valence-electron chi connectivity index (χ1n) is 9.79. The number of nitrogens with zero attached hydrogens (tertiary/aromatic N) is 2. The molecule has 0 aromatic carbocycles. The molecule has 5 heteroatoms. The summed E-state index contributed by atoms with van der Waals surface area (Å²) < 4.78 is 0. The van der Waals surface area contributed by atoms with Crippen molar-refractivity contribution >= 4 is 11.8 Å². The average molecular weight is 335 g/mol. The summed E-state index contributed by atoms with van der Waals surface area (Å²) in [5.41, 5.74) is 5.98. The van der Waals surface area contributed by atoms with Gasteiger partial charge in [0, 0.05) is 38.1 Å². The minimum atomic E-state index is -0.122. The van der Waals surface area contributed by atoms with Crippen LogP contribution in [0.4, 0.5) is 0 Å².